The molecule has 1 N–H and O–H groups in total. The predicted molar refractivity (Wildman–Crippen MR) is 91.6 cm³/mol. The molecule has 1 unspecified atom stereocenters. The van der Waals surface area contributed by atoms with Gasteiger partial charge in [-0.3, -0.25) is 4.79 Å². The van der Waals surface area contributed by atoms with Crippen molar-refractivity contribution in [1.82, 2.24) is 0 Å². The topological polar surface area (TPSA) is 63.6 Å². The van der Waals surface area contributed by atoms with E-state index in [9.17, 15) is 14.5 Å². The van der Waals surface area contributed by atoms with Crippen LogP contribution in [-0.4, -0.2) is 23.0 Å². The molecule has 0 heterocycles. The maximum atomic E-state index is 13.9. The second-order valence-corrected chi connectivity index (χ2v) is 8.69. The fourth-order valence-corrected chi connectivity index (χ4v) is 5.52. The van der Waals surface area contributed by atoms with Gasteiger partial charge in [0.2, 0.25) is 0 Å². The van der Waals surface area contributed by atoms with Crippen LogP contribution in [0.15, 0.2) is 60.7 Å². The van der Waals surface area contributed by atoms with Crippen LogP contribution in [0.25, 0.3) is 0 Å². The molecule has 0 fully saturated rings. The third kappa shape index (κ3) is 3.54. The molecule has 2 aromatic rings. The summed E-state index contributed by atoms with van der Waals surface area (Å²) >= 11 is 0. The SMILES string of the molecule is CCOC(=O)CC(C)(O)P(=O)(c1ccccc1)c1ccccc1. The molecule has 2 aromatic carbocycles. The average molecular weight is 332 g/mol. The van der Waals surface area contributed by atoms with E-state index in [1.54, 1.807) is 55.5 Å². The van der Waals surface area contributed by atoms with Gasteiger partial charge in [-0.05, 0) is 13.8 Å². The van der Waals surface area contributed by atoms with Gasteiger partial charge in [0.1, 0.15) is 5.34 Å². The van der Waals surface area contributed by atoms with Crippen LogP contribution < -0.4 is 10.6 Å². The van der Waals surface area contributed by atoms with Crippen LogP contribution in [0.2, 0.25) is 0 Å². The van der Waals surface area contributed by atoms with Gasteiger partial charge in [0.05, 0.1) is 13.0 Å². The number of hydrogen-bond donors (Lipinski definition) is 1. The number of aliphatic hydroxyl groups is 1. The van der Waals surface area contributed by atoms with Gasteiger partial charge in [0.25, 0.3) is 0 Å². The van der Waals surface area contributed by atoms with E-state index in [4.69, 9.17) is 4.74 Å². The first-order valence-electron chi connectivity index (χ1n) is 7.51. The highest BCUT2D eigenvalue weighted by Gasteiger charge is 2.47. The monoisotopic (exact) mass is 332 g/mol. The molecule has 0 radical (unpaired) electrons. The van der Waals surface area contributed by atoms with Crippen LogP contribution in [0.4, 0.5) is 0 Å². The van der Waals surface area contributed by atoms with Gasteiger partial charge in [0, 0.05) is 10.6 Å². The zero-order valence-electron chi connectivity index (χ0n) is 13.3. The molecule has 2 rings (SSSR count). The molecular formula is C18H21O4P. The van der Waals surface area contributed by atoms with Crippen molar-refractivity contribution in [2.45, 2.75) is 25.6 Å². The van der Waals surface area contributed by atoms with E-state index < -0.39 is 18.5 Å². The zero-order chi connectivity index (χ0) is 16.9. The Labute approximate surface area is 136 Å². The molecular weight excluding hydrogens is 311 g/mol. The fourth-order valence-electron chi connectivity index (χ4n) is 2.58. The quantitative estimate of drug-likeness (QED) is 0.652. The van der Waals surface area contributed by atoms with E-state index in [2.05, 4.69) is 0 Å². The van der Waals surface area contributed by atoms with Gasteiger partial charge in [-0.1, -0.05) is 60.7 Å². The molecule has 0 aliphatic carbocycles. The first kappa shape index (κ1) is 17.5. The van der Waals surface area contributed by atoms with Crippen LogP contribution in [0.3, 0.4) is 0 Å². The lowest BCUT2D eigenvalue weighted by Gasteiger charge is -2.33. The number of carbonyl (C=O) groups is 1. The van der Waals surface area contributed by atoms with Gasteiger partial charge < -0.3 is 14.4 Å². The van der Waals surface area contributed by atoms with Crippen LogP contribution in [0, 0.1) is 0 Å². The van der Waals surface area contributed by atoms with Crippen molar-refractivity contribution < 1.29 is 19.2 Å². The molecule has 0 aliphatic rings. The van der Waals surface area contributed by atoms with E-state index in [0.717, 1.165) is 0 Å². The lowest BCUT2D eigenvalue weighted by atomic mass is 10.3. The molecule has 0 saturated carbocycles. The van der Waals surface area contributed by atoms with Crippen LogP contribution in [-0.2, 0) is 14.1 Å². The normalized spacial score (nSPS) is 14.0. The highest BCUT2D eigenvalue weighted by atomic mass is 31.2. The summed E-state index contributed by atoms with van der Waals surface area (Å²) in [5, 5.41) is 10.3. The van der Waals surface area contributed by atoms with E-state index >= 15 is 0 Å². The minimum Gasteiger partial charge on any atom is -0.466 e. The maximum absolute atomic E-state index is 13.9. The number of benzene rings is 2. The summed E-state index contributed by atoms with van der Waals surface area (Å²) < 4.78 is 18.8. The Morgan fingerprint density at radius 2 is 1.48 bits per heavy atom. The average Bonchev–Trinajstić information content (AvgIpc) is 2.55. The van der Waals surface area contributed by atoms with Crippen molar-refractivity contribution in [3.05, 3.63) is 60.7 Å². The van der Waals surface area contributed by atoms with Crippen LogP contribution in [0.5, 0.6) is 0 Å². The molecule has 0 spiro atoms. The fraction of sp³-hybridized carbons (Fsp3) is 0.278. The Morgan fingerprint density at radius 3 is 1.87 bits per heavy atom. The molecule has 5 heteroatoms. The number of hydrogen-bond acceptors (Lipinski definition) is 4. The molecule has 4 nitrogen and oxygen atoms in total. The summed E-state index contributed by atoms with van der Waals surface area (Å²) in [6, 6.07) is 17.6. The van der Waals surface area contributed by atoms with Crippen molar-refractivity contribution in [2.75, 3.05) is 6.61 Å². The van der Waals surface area contributed by atoms with E-state index in [1.807, 2.05) is 12.1 Å². The number of rotatable bonds is 6. The van der Waals surface area contributed by atoms with E-state index in [1.165, 1.54) is 6.92 Å². The number of carbonyl (C=O) groups excluding carboxylic acids is 1. The standard InChI is InChI=1S/C18H21O4P/c1-3-22-17(19)14-18(2,20)23(21,15-10-6-4-7-11-15)16-12-8-5-9-13-16/h4-13,20H,3,14H2,1-2H3. The minimum atomic E-state index is -3.45. The summed E-state index contributed by atoms with van der Waals surface area (Å²) in [5.41, 5.74) is 0. The second-order valence-electron chi connectivity index (χ2n) is 5.48. The molecule has 0 aromatic heterocycles. The molecule has 122 valence electrons. The Balaban J connectivity index is 2.55. The highest BCUT2D eigenvalue weighted by molar-refractivity contribution is 7.79. The lowest BCUT2D eigenvalue weighted by Crippen LogP contribution is -2.37. The smallest absolute Gasteiger partial charge is 0.309 e. The molecule has 0 saturated heterocycles. The number of ether oxygens (including phenoxy) is 1. The molecule has 23 heavy (non-hydrogen) atoms. The van der Waals surface area contributed by atoms with Crippen molar-refractivity contribution >= 4 is 23.7 Å². The summed E-state index contributed by atoms with van der Waals surface area (Å²) in [7, 11) is -3.45. The Hall–Kier alpha value is -1.90. The number of esters is 1. The maximum Gasteiger partial charge on any atom is 0.309 e. The summed E-state index contributed by atoms with van der Waals surface area (Å²) in [6.07, 6.45) is -0.331. The van der Waals surface area contributed by atoms with Crippen LogP contribution in [0.1, 0.15) is 20.3 Å². The van der Waals surface area contributed by atoms with E-state index in [-0.39, 0.29) is 13.0 Å². The van der Waals surface area contributed by atoms with Gasteiger partial charge in [-0.25, -0.2) is 0 Å². The van der Waals surface area contributed by atoms with Crippen LogP contribution >= 0.6 is 7.14 Å². The summed E-state index contributed by atoms with van der Waals surface area (Å²) in [6.45, 7) is 3.35. The molecule has 0 amide bonds. The summed E-state index contributed by atoms with van der Waals surface area (Å²) in [4.78, 5) is 11.9. The van der Waals surface area contributed by atoms with Gasteiger partial charge in [-0.15, -0.1) is 0 Å². The van der Waals surface area contributed by atoms with Gasteiger partial charge in [0.15, 0.2) is 7.14 Å². The lowest BCUT2D eigenvalue weighted by molar-refractivity contribution is -0.145. The first-order valence-corrected chi connectivity index (χ1v) is 9.22. The van der Waals surface area contributed by atoms with Gasteiger partial charge >= 0.3 is 5.97 Å². The molecule has 1 atom stereocenters. The zero-order valence-corrected chi connectivity index (χ0v) is 14.2. The first-order chi connectivity index (χ1) is 10.9. The minimum absolute atomic E-state index is 0.218. The van der Waals surface area contributed by atoms with Crippen molar-refractivity contribution in [3.63, 3.8) is 0 Å². The highest BCUT2D eigenvalue weighted by Crippen LogP contribution is 2.56. The Bertz CT molecular complexity index is 652. The Kier molecular flexibility index (Phi) is 5.40. The van der Waals surface area contributed by atoms with Crippen molar-refractivity contribution in [2.24, 2.45) is 0 Å². The van der Waals surface area contributed by atoms with Crippen molar-refractivity contribution in [3.8, 4) is 0 Å². The Morgan fingerprint density at radius 1 is 1.04 bits per heavy atom. The second kappa shape index (κ2) is 7.12. The predicted octanol–water partition coefficient (Wildman–Crippen LogP) is 2.66. The molecule has 0 aliphatic heterocycles. The van der Waals surface area contributed by atoms with E-state index in [0.29, 0.717) is 10.6 Å². The van der Waals surface area contributed by atoms with Gasteiger partial charge in [-0.2, -0.15) is 0 Å². The summed E-state index contributed by atoms with van der Waals surface area (Å²) in [5.74, 6) is -0.565. The molecule has 0 bridgehead atoms. The third-order valence-corrected chi connectivity index (χ3v) is 7.27. The third-order valence-electron chi connectivity index (χ3n) is 3.70. The largest absolute Gasteiger partial charge is 0.466 e. The van der Waals surface area contributed by atoms with Crippen molar-refractivity contribution in [1.29, 1.82) is 0 Å².